The summed E-state index contributed by atoms with van der Waals surface area (Å²) in [6.07, 6.45) is 4.22. The smallest absolute Gasteiger partial charge is 0.124 e. The molecule has 1 aliphatic carbocycles. The van der Waals surface area contributed by atoms with E-state index in [1.165, 1.54) is 18.4 Å². The monoisotopic (exact) mass is 300 g/mol. The molecule has 1 atom stereocenters. The van der Waals surface area contributed by atoms with Gasteiger partial charge >= 0.3 is 0 Å². The lowest BCUT2D eigenvalue weighted by Crippen LogP contribution is -2.38. The molecule has 1 aromatic heterocycles. The highest BCUT2D eigenvalue weighted by atomic mass is 19.1. The Balaban J connectivity index is 1.31. The number of aromatic nitrogens is 2. The van der Waals surface area contributed by atoms with E-state index in [0.29, 0.717) is 5.92 Å². The molecule has 2 N–H and O–H groups in total. The number of rotatable bonds is 5. The third-order valence-corrected chi connectivity index (χ3v) is 4.93. The van der Waals surface area contributed by atoms with Crippen LogP contribution >= 0.6 is 0 Å². The summed E-state index contributed by atoms with van der Waals surface area (Å²) in [5.41, 5.74) is 1.49. The second-order valence-corrected chi connectivity index (χ2v) is 6.56. The maximum Gasteiger partial charge on any atom is 0.124 e. The number of hydrogen-bond acceptors (Lipinski definition) is 3. The first-order valence-corrected chi connectivity index (χ1v) is 7.98. The lowest BCUT2D eigenvalue weighted by atomic mass is 9.95. The van der Waals surface area contributed by atoms with Crippen LogP contribution in [-0.2, 0) is 12.0 Å². The predicted octanol–water partition coefficient (Wildman–Crippen LogP) is 2.39. The number of anilines is 1. The first kappa shape index (κ1) is 13.8. The third-order valence-electron chi connectivity index (χ3n) is 4.93. The SMILES string of the molecule is Fc1ccc(C2(CNC[C@@H]3CNc4ccnn4C3)CC2)cc1. The Morgan fingerprint density at radius 3 is 2.86 bits per heavy atom. The number of nitrogens with zero attached hydrogens (tertiary/aromatic N) is 2. The summed E-state index contributed by atoms with van der Waals surface area (Å²) in [6.45, 7) is 3.91. The minimum Gasteiger partial charge on any atom is -0.370 e. The van der Waals surface area contributed by atoms with E-state index in [0.717, 1.165) is 32.0 Å². The summed E-state index contributed by atoms with van der Waals surface area (Å²) < 4.78 is 15.1. The molecule has 0 saturated heterocycles. The molecule has 116 valence electrons. The molecule has 5 heteroatoms. The summed E-state index contributed by atoms with van der Waals surface area (Å²) in [5, 5.41) is 11.4. The second kappa shape index (κ2) is 5.39. The molecule has 1 saturated carbocycles. The molecule has 1 aliphatic heterocycles. The summed E-state index contributed by atoms with van der Waals surface area (Å²) in [7, 11) is 0. The van der Waals surface area contributed by atoms with Gasteiger partial charge in [0.2, 0.25) is 0 Å². The van der Waals surface area contributed by atoms with Crippen LogP contribution in [0.25, 0.3) is 0 Å². The van der Waals surface area contributed by atoms with E-state index >= 15 is 0 Å². The topological polar surface area (TPSA) is 41.9 Å². The normalized spacial score (nSPS) is 22.0. The average molecular weight is 300 g/mol. The molecule has 2 aromatic rings. The quantitative estimate of drug-likeness (QED) is 0.891. The summed E-state index contributed by atoms with van der Waals surface area (Å²) in [5.74, 6) is 1.51. The van der Waals surface area contributed by atoms with Gasteiger partial charge in [0.1, 0.15) is 11.6 Å². The lowest BCUT2D eigenvalue weighted by molar-refractivity contribution is 0.384. The van der Waals surface area contributed by atoms with Gasteiger partial charge in [-0.1, -0.05) is 12.1 Å². The zero-order valence-corrected chi connectivity index (χ0v) is 12.6. The van der Waals surface area contributed by atoms with Crippen molar-refractivity contribution in [1.82, 2.24) is 15.1 Å². The largest absolute Gasteiger partial charge is 0.370 e. The Kier molecular flexibility index (Phi) is 3.37. The van der Waals surface area contributed by atoms with E-state index in [1.54, 1.807) is 12.1 Å². The fraction of sp³-hybridized carbons (Fsp3) is 0.471. The van der Waals surface area contributed by atoms with Gasteiger partial charge in [0.25, 0.3) is 0 Å². The van der Waals surface area contributed by atoms with Gasteiger partial charge in [-0.05, 0) is 30.5 Å². The number of benzene rings is 1. The summed E-state index contributed by atoms with van der Waals surface area (Å²) in [6, 6.07) is 9.02. The standard InChI is InChI=1S/C17H21FN4/c18-15-3-1-14(2-4-15)17(6-7-17)12-19-9-13-10-20-16-5-8-21-22(16)11-13/h1-5,8,13,19-20H,6-7,9-12H2/t13-/m1/s1. The zero-order chi connectivity index (χ0) is 15.0. The van der Waals surface area contributed by atoms with Gasteiger partial charge in [0, 0.05) is 43.6 Å². The summed E-state index contributed by atoms with van der Waals surface area (Å²) in [4.78, 5) is 0. The van der Waals surface area contributed by atoms with Crippen LogP contribution < -0.4 is 10.6 Å². The minimum absolute atomic E-state index is 0.157. The average Bonchev–Trinajstić information content (AvgIpc) is 3.17. The lowest BCUT2D eigenvalue weighted by Gasteiger charge is -2.26. The Hall–Kier alpha value is -1.88. The highest BCUT2D eigenvalue weighted by molar-refractivity contribution is 5.35. The molecule has 2 aliphatic rings. The van der Waals surface area contributed by atoms with Crippen molar-refractivity contribution >= 4 is 5.82 Å². The molecule has 0 radical (unpaired) electrons. The molecular weight excluding hydrogens is 279 g/mol. The minimum atomic E-state index is -0.157. The van der Waals surface area contributed by atoms with E-state index in [4.69, 9.17) is 0 Å². The second-order valence-electron chi connectivity index (χ2n) is 6.56. The molecule has 4 nitrogen and oxygen atoms in total. The molecule has 2 heterocycles. The molecule has 0 unspecified atom stereocenters. The maximum absolute atomic E-state index is 13.1. The van der Waals surface area contributed by atoms with Crippen LogP contribution in [0.2, 0.25) is 0 Å². The van der Waals surface area contributed by atoms with E-state index in [2.05, 4.69) is 15.7 Å². The molecule has 0 bridgehead atoms. The number of fused-ring (bicyclic) bond motifs is 1. The van der Waals surface area contributed by atoms with Crippen molar-refractivity contribution in [3.63, 3.8) is 0 Å². The summed E-state index contributed by atoms with van der Waals surface area (Å²) >= 11 is 0. The van der Waals surface area contributed by atoms with Crippen LogP contribution in [0.1, 0.15) is 18.4 Å². The van der Waals surface area contributed by atoms with Crippen molar-refractivity contribution < 1.29 is 4.39 Å². The van der Waals surface area contributed by atoms with Crippen LogP contribution in [-0.4, -0.2) is 29.4 Å². The van der Waals surface area contributed by atoms with Crippen LogP contribution in [0.4, 0.5) is 10.2 Å². The fourth-order valence-electron chi connectivity index (χ4n) is 3.36. The predicted molar refractivity (Wildman–Crippen MR) is 84.4 cm³/mol. The maximum atomic E-state index is 13.1. The molecule has 0 spiro atoms. The first-order valence-electron chi connectivity index (χ1n) is 7.98. The van der Waals surface area contributed by atoms with E-state index in [1.807, 2.05) is 29.1 Å². The van der Waals surface area contributed by atoms with Gasteiger partial charge in [-0.15, -0.1) is 0 Å². The van der Waals surface area contributed by atoms with E-state index in [-0.39, 0.29) is 11.2 Å². The van der Waals surface area contributed by atoms with Crippen LogP contribution in [0.5, 0.6) is 0 Å². The Labute approximate surface area is 129 Å². The van der Waals surface area contributed by atoms with Crippen molar-refractivity contribution in [3.05, 3.63) is 47.9 Å². The molecular formula is C17H21FN4. The van der Waals surface area contributed by atoms with Crippen molar-refractivity contribution in [1.29, 1.82) is 0 Å². The first-order chi connectivity index (χ1) is 10.8. The number of hydrogen-bond donors (Lipinski definition) is 2. The van der Waals surface area contributed by atoms with Gasteiger partial charge in [-0.3, -0.25) is 0 Å². The van der Waals surface area contributed by atoms with Crippen LogP contribution in [0, 0.1) is 11.7 Å². The van der Waals surface area contributed by atoms with Crippen molar-refractivity contribution in [3.8, 4) is 0 Å². The van der Waals surface area contributed by atoms with Gasteiger partial charge in [-0.2, -0.15) is 5.10 Å². The fourth-order valence-corrected chi connectivity index (χ4v) is 3.36. The molecule has 1 fully saturated rings. The Morgan fingerprint density at radius 1 is 1.27 bits per heavy atom. The van der Waals surface area contributed by atoms with Crippen LogP contribution in [0.3, 0.4) is 0 Å². The number of nitrogens with one attached hydrogen (secondary N) is 2. The molecule has 0 amide bonds. The van der Waals surface area contributed by atoms with Gasteiger partial charge in [-0.25, -0.2) is 9.07 Å². The van der Waals surface area contributed by atoms with Gasteiger partial charge < -0.3 is 10.6 Å². The van der Waals surface area contributed by atoms with Crippen molar-refractivity contribution in [2.75, 3.05) is 25.0 Å². The molecule has 4 rings (SSSR count). The molecule has 1 aromatic carbocycles. The third kappa shape index (κ3) is 2.61. The zero-order valence-electron chi connectivity index (χ0n) is 12.6. The number of halogens is 1. The van der Waals surface area contributed by atoms with Crippen molar-refractivity contribution in [2.45, 2.75) is 24.8 Å². The Bertz CT molecular complexity index is 645. The highest BCUT2D eigenvalue weighted by Crippen LogP contribution is 2.47. The van der Waals surface area contributed by atoms with Gasteiger partial charge in [0.05, 0.1) is 6.20 Å². The van der Waals surface area contributed by atoms with E-state index < -0.39 is 0 Å². The van der Waals surface area contributed by atoms with Crippen LogP contribution in [0.15, 0.2) is 36.5 Å². The Morgan fingerprint density at radius 2 is 2.09 bits per heavy atom. The molecule has 22 heavy (non-hydrogen) atoms. The van der Waals surface area contributed by atoms with E-state index in [9.17, 15) is 4.39 Å². The van der Waals surface area contributed by atoms with Crippen molar-refractivity contribution in [2.24, 2.45) is 5.92 Å². The van der Waals surface area contributed by atoms with Gasteiger partial charge in [0.15, 0.2) is 0 Å². The highest BCUT2D eigenvalue weighted by Gasteiger charge is 2.43.